The van der Waals surface area contributed by atoms with E-state index in [1.165, 1.54) is 0 Å². The molecular weight excluding hydrogens is 328 g/mol. The molecule has 1 aliphatic rings. The Kier molecular flexibility index (Phi) is 5.89. The van der Waals surface area contributed by atoms with E-state index in [9.17, 15) is 4.79 Å². The van der Waals surface area contributed by atoms with Gasteiger partial charge in [0.15, 0.2) is 0 Å². The summed E-state index contributed by atoms with van der Waals surface area (Å²) in [6.07, 6.45) is 7.04. The molecule has 0 saturated heterocycles. The van der Waals surface area contributed by atoms with Crippen molar-refractivity contribution in [1.29, 1.82) is 0 Å². The predicted molar refractivity (Wildman–Crippen MR) is 99.8 cm³/mol. The van der Waals surface area contributed by atoms with E-state index in [0.29, 0.717) is 13.0 Å². The Bertz CT molecular complexity index is 706. The average molecular weight is 354 g/mol. The number of hydrogen-bond donors (Lipinski definition) is 1. The van der Waals surface area contributed by atoms with Crippen molar-refractivity contribution in [3.63, 3.8) is 0 Å². The van der Waals surface area contributed by atoms with Crippen molar-refractivity contribution in [2.75, 3.05) is 7.11 Å². The van der Waals surface area contributed by atoms with Crippen LogP contribution in [0.3, 0.4) is 0 Å². The molecule has 1 saturated carbocycles. The number of amides is 1. The maximum Gasteiger partial charge on any atom is 0.223 e. The molecule has 1 amide bonds. The van der Waals surface area contributed by atoms with E-state index in [0.717, 1.165) is 36.1 Å². The summed E-state index contributed by atoms with van der Waals surface area (Å²) < 4.78 is 11.3. The molecule has 1 aromatic heterocycles. The number of carbonyl (C=O) groups excluding carboxylic acids is 1. The highest BCUT2D eigenvalue weighted by Crippen LogP contribution is 2.38. The molecule has 1 N–H and O–H groups in total. The van der Waals surface area contributed by atoms with Crippen LogP contribution in [0.15, 0.2) is 48.8 Å². The molecule has 1 unspecified atom stereocenters. The molecule has 5 nitrogen and oxygen atoms in total. The maximum absolute atomic E-state index is 12.3. The minimum Gasteiger partial charge on any atom is -0.489 e. The normalized spacial score (nSPS) is 16.4. The van der Waals surface area contributed by atoms with Crippen molar-refractivity contribution in [3.05, 3.63) is 59.9 Å². The molecule has 1 heterocycles. The number of aromatic nitrogens is 1. The highest BCUT2D eigenvalue weighted by molar-refractivity contribution is 5.77. The van der Waals surface area contributed by atoms with E-state index >= 15 is 0 Å². The lowest BCUT2D eigenvalue weighted by Crippen LogP contribution is -2.44. The molecule has 0 bridgehead atoms. The number of ether oxygens (including phenoxy) is 2. The molecule has 0 aliphatic heterocycles. The average Bonchev–Trinajstić information content (AvgIpc) is 2.64. The van der Waals surface area contributed by atoms with Crippen molar-refractivity contribution >= 4 is 5.91 Å². The summed E-state index contributed by atoms with van der Waals surface area (Å²) in [5.41, 5.74) is 1.83. The standard InChI is InChI=1S/C21H26N2O3/c1-16(23-20(24)13-21(25-2)10-4-11-21)18-6-8-19(9-7-18)26-15-17-5-3-12-22-14-17/h3,5-9,12,14,16H,4,10-11,13,15H2,1-2H3,(H,23,24). The SMILES string of the molecule is COC1(CC(=O)NC(C)c2ccc(OCc3cccnc3)cc2)CCC1. The van der Waals surface area contributed by atoms with Crippen LogP contribution in [-0.2, 0) is 16.1 Å². The first-order valence-corrected chi connectivity index (χ1v) is 9.06. The Labute approximate surface area is 154 Å². The molecule has 1 fully saturated rings. The quantitative estimate of drug-likeness (QED) is 0.783. The second-order valence-electron chi connectivity index (χ2n) is 6.93. The molecule has 26 heavy (non-hydrogen) atoms. The summed E-state index contributed by atoms with van der Waals surface area (Å²) in [4.78, 5) is 16.4. The molecule has 3 rings (SSSR count). The fraction of sp³-hybridized carbons (Fsp3) is 0.429. The van der Waals surface area contributed by atoms with Crippen LogP contribution in [0.5, 0.6) is 5.75 Å². The summed E-state index contributed by atoms with van der Waals surface area (Å²) in [7, 11) is 1.69. The molecule has 138 valence electrons. The van der Waals surface area contributed by atoms with Gasteiger partial charge in [0, 0.05) is 25.1 Å². The van der Waals surface area contributed by atoms with Gasteiger partial charge in [-0.15, -0.1) is 0 Å². The number of carbonyl (C=O) groups is 1. The van der Waals surface area contributed by atoms with Gasteiger partial charge in [0.25, 0.3) is 0 Å². The number of rotatable bonds is 8. The Balaban J connectivity index is 1.50. The van der Waals surface area contributed by atoms with E-state index in [1.54, 1.807) is 19.5 Å². The number of hydrogen-bond acceptors (Lipinski definition) is 4. The topological polar surface area (TPSA) is 60.5 Å². The van der Waals surface area contributed by atoms with E-state index < -0.39 is 0 Å². The van der Waals surface area contributed by atoms with Gasteiger partial charge in [0.1, 0.15) is 12.4 Å². The van der Waals surface area contributed by atoms with Gasteiger partial charge in [-0.2, -0.15) is 0 Å². The Morgan fingerprint density at radius 1 is 1.27 bits per heavy atom. The lowest BCUT2D eigenvalue weighted by atomic mass is 9.77. The first-order chi connectivity index (χ1) is 12.6. The smallest absolute Gasteiger partial charge is 0.223 e. The molecule has 0 spiro atoms. The van der Waals surface area contributed by atoms with E-state index in [1.807, 2.05) is 43.3 Å². The predicted octanol–water partition coefficient (Wildman–Crippen LogP) is 3.80. The first-order valence-electron chi connectivity index (χ1n) is 9.06. The lowest BCUT2D eigenvalue weighted by molar-refractivity contribution is -0.134. The highest BCUT2D eigenvalue weighted by atomic mass is 16.5. The highest BCUT2D eigenvalue weighted by Gasteiger charge is 2.39. The Hall–Kier alpha value is -2.40. The molecule has 1 atom stereocenters. The summed E-state index contributed by atoms with van der Waals surface area (Å²) in [5.74, 6) is 0.833. The van der Waals surface area contributed by atoms with Crippen LogP contribution in [0, 0.1) is 0 Å². The number of methoxy groups -OCH3 is 1. The monoisotopic (exact) mass is 354 g/mol. The second kappa shape index (κ2) is 8.32. The van der Waals surface area contributed by atoms with Gasteiger partial charge in [-0.3, -0.25) is 9.78 Å². The van der Waals surface area contributed by atoms with Crippen LogP contribution in [0.1, 0.15) is 49.8 Å². The molecule has 5 heteroatoms. The first kappa shape index (κ1) is 18.4. The zero-order valence-electron chi connectivity index (χ0n) is 15.4. The number of pyridine rings is 1. The van der Waals surface area contributed by atoms with Gasteiger partial charge in [0.05, 0.1) is 18.1 Å². The third kappa shape index (κ3) is 4.61. The molecule has 1 aromatic carbocycles. The van der Waals surface area contributed by atoms with E-state index in [-0.39, 0.29) is 17.6 Å². The van der Waals surface area contributed by atoms with Gasteiger partial charge in [-0.25, -0.2) is 0 Å². The fourth-order valence-corrected chi connectivity index (χ4v) is 3.20. The summed E-state index contributed by atoms with van der Waals surface area (Å²) in [6, 6.07) is 11.6. The van der Waals surface area contributed by atoms with Gasteiger partial charge in [-0.05, 0) is 49.9 Å². The molecular formula is C21H26N2O3. The fourth-order valence-electron chi connectivity index (χ4n) is 3.20. The van der Waals surface area contributed by atoms with Crippen LogP contribution < -0.4 is 10.1 Å². The molecule has 0 radical (unpaired) electrons. The molecule has 2 aromatic rings. The Morgan fingerprint density at radius 2 is 2.04 bits per heavy atom. The lowest BCUT2D eigenvalue weighted by Gasteiger charge is -2.40. The number of nitrogens with one attached hydrogen (secondary N) is 1. The number of benzene rings is 1. The largest absolute Gasteiger partial charge is 0.489 e. The van der Waals surface area contributed by atoms with Crippen molar-refractivity contribution in [2.45, 2.75) is 50.9 Å². The van der Waals surface area contributed by atoms with Crippen molar-refractivity contribution in [1.82, 2.24) is 10.3 Å². The van der Waals surface area contributed by atoms with E-state index in [2.05, 4.69) is 10.3 Å². The molecule has 1 aliphatic carbocycles. The van der Waals surface area contributed by atoms with Crippen molar-refractivity contribution in [2.24, 2.45) is 0 Å². The third-order valence-electron chi connectivity index (χ3n) is 5.07. The van der Waals surface area contributed by atoms with Gasteiger partial charge < -0.3 is 14.8 Å². The summed E-state index contributed by atoms with van der Waals surface area (Å²) in [5, 5.41) is 3.06. The van der Waals surface area contributed by atoms with Gasteiger partial charge in [0.2, 0.25) is 5.91 Å². The zero-order chi connectivity index (χ0) is 18.4. The summed E-state index contributed by atoms with van der Waals surface area (Å²) in [6.45, 7) is 2.47. The van der Waals surface area contributed by atoms with Crippen LogP contribution in [0.4, 0.5) is 0 Å². The van der Waals surface area contributed by atoms with E-state index in [4.69, 9.17) is 9.47 Å². The van der Waals surface area contributed by atoms with Crippen LogP contribution in [0.2, 0.25) is 0 Å². The van der Waals surface area contributed by atoms with Crippen molar-refractivity contribution in [3.8, 4) is 5.75 Å². The van der Waals surface area contributed by atoms with Gasteiger partial charge >= 0.3 is 0 Å². The third-order valence-corrected chi connectivity index (χ3v) is 5.07. The van der Waals surface area contributed by atoms with Crippen molar-refractivity contribution < 1.29 is 14.3 Å². The van der Waals surface area contributed by atoms with Gasteiger partial charge in [-0.1, -0.05) is 18.2 Å². The zero-order valence-corrected chi connectivity index (χ0v) is 15.4. The van der Waals surface area contributed by atoms with Crippen LogP contribution in [-0.4, -0.2) is 23.6 Å². The Morgan fingerprint density at radius 3 is 2.62 bits per heavy atom. The minimum atomic E-state index is -0.242. The number of nitrogens with zero attached hydrogens (tertiary/aromatic N) is 1. The van der Waals surface area contributed by atoms with Crippen LogP contribution in [0.25, 0.3) is 0 Å². The maximum atomic E-state index is 12.3. The second-order valence-corrected chi connectivity index (χ2v) is 6.93. The minimum absolute atomic E-state index is 0.0379. The van der Waals surface area contributed by atoms with Crippen LogP contribution >= 0.6 is 0 Å². The summed E-state index contributed by atoms with van der Waals surface area (Å²) >= 11 is 0.